The van der Waals surface area contributed by atoms with E-state index in [1.165, 1.54) is 0 Å². The van der Waals surface area contributed by atoms with Gasteiger partial charge in [0, 0.05) is 46.3 Å². The second-order valence-corrected chi connectivity index (χ2v) is 7.66. The van der Waals surface area contributed by atoms with Crippen molar-refractivity contribution in [2.24, 2.45) is 5.92 Å². The van der Waals surface area contributed by atoms with Gasteiger partial charge in [0.2, 0.25) is 11.8 Å². The van der Waals surface area contributed by atoms with Gasteiger partial charge in [-0.1, -0.05) is 24.3 Å². The largest absolute Gasteiger partial charge is 0.383 e. The number of hydrogen-bond donors (Lipinski definition) is 0. The summed E-state index contributed by atoms with van der Waals surface area (Å²) in [6, 6.07) is 7.89. The van der Waals surface area contributed by atoms with Crippen molar-refractivity contribution < 1.29 is 14.3 Å². The van der Waals surface area contributed by atoms with Crippen LogP contribution in [0.25, 0.3) is 0 Å². The summed E-state index contributed by atoms with van der Waals surface area (Å²) in [6.45, 7) is 6.38. The van der Waals surface area contributed by atoms with E-state index < -0.39 is 0 Å². The van der Waals surface area contributed by atoms with E-state index in [-0.39, 0.29) is 23.8 Å². The first-order valence-electron chi connectivity index (χ1n) is 9.84. The Balaban J connectivity index is 1.91. The number of ether oxygens (including phenoxy) is 1. The summed E-state index contributed by atoms with van der Waals surface area (Å²) in [5.41, 5.74) is 2.20. The second-order valence-electron chi connectivity index (χ2n) is 7.66. The van der Waals surface area contributed by atoms with Gasteiger partial charge >= 0.3 is 0 Å². The quantitative estimate of drug-likeness (QED) is 0.788. The molecule has 2 heterocycles. The zero-order valence-electron chi connectivity index (χ0n) is 16.7. The predicted octanol–water partition coefficient (Wildman–Crippen LogP) is 1.70. The van der Waals surface area contributed by atoms with Crippen LogP contribution in [0.1, 0.15) is 30.0 Å². The number of methoxy groups -OCH3 is 1. The molecular formula is C21H31N3O3. The van der Waals surface area contributed by atoms with Gasteiger partial charge in [0.15, 0.2) is 0 Å². The molecule has 2 aliphatic heterocycles. The summed E-state index contributed by atoms with van der Waals surface area (Å²) in [7, 11) is 3.73. The van der Waals surface area contributed by atoms with Crippen molar-refractivity contribution >= 4 is 11.8 Å². The highest BCUT2D eigenvalue weighted by molar-refractivity contribution is 5.85. The minimum Gasteiger partial charge on any atom is -0.383 e. The van der Waals surface area contributed by atoms with Crippen molar-refractivity contribution in [1.82, 2.24) is 14.7 Å². The lowest BCUT2D eigenvalue weighted by molar-refractivity contribution is -0.149. The normalized spacial score (nSPS) is 24.3. The molecule has 0 unspecified atom stereocenters. The van der Waals surface area contributed by atoms with Crippen LogP contribution >= 0.6 is 0 Å². The zero-order chi connectivity index (χ0) is 19.4. The first-order chi connectivity index (χ1) is 13.0. The monoisotopic (exact) mass is 373 g/mol. The topological polar surface area (TPSA) is 53.1 Å². The van der Waals surface area contributed by atoms with Crippen molar-refractivity contribution in [1.29, 1.82) is 0 Å². The minimum atomic E-state index is -0.213. The third-order valence-corrected chi connectivity index (χ3v) is 5.88. The van der Waals surface area contributed by atoms with Crippen molar-refractivity contribution in [3.8, 4) is 0 Å². The molecule has 27 heavy (non-hydrogen) atoms. The van der Waals surface area contributed by atoms with Gasteiger partial charge in [-0.25, -0.2) is 0 Å². The number of carbonyl (C=O) groups is 2. The van der Waals surface area contributed by atoms with Crippen LogP contribution < -0.4 is 0 Å². The number of likely N-dealkylation sites (tertiary alicyclic amines) is 1. The molecule has 2 atom stereocenters. The van der Waals surface area contributed by atoms with E-state index in [2.05, 4.69) is 31.0 Å². The number of piperidine rings is 1. The molecule has 0 aliphatic carbocycles. The molecule has 0 saturated carbocycles. The standard InChI is InChI=1S/C21H31N3O3/c1-16-6-4-5-7-17(16)20-18(8-9-19(25)24(20)14-15-27-3)21(26)23-12-10-22(2)11-13-23/h4-7,18,20H,8-15H2,1-3H3/t18-,20+/m1/s1. The van der Waals surface area contributed by atoms with Crippen LogP contribution in [-0.2, 0) is 14.3 Å². The van der Waals surface area contributed by atoms with Crippen molar-refractivity contribution in [3.05, 3.63) is 35.4 Å². The maximum absolute atomic E-state index is 13.4. The van der Waals surface area contributed by atoms with Crippen LogP contribution in [0.4, 0.5) is 0 Å². The summed E-state index contributed by atoms with van der Waals surface area (Å²) in [6.07, 6.45) is 1.04. The van der Waals surface area contributed by atoms with Gasteiger partial charge < -0.3 is 19.4 Å². The molecule has 0 spiro atoms. The lowest BCUT2D eigenvalue weighted by atomic mass is 9.81. The molecule has 2 saturated heterocycles. The fourth-order valence-electron chi connectivity index (χ4n) is 4.23. The summed E-state index contributed by atoms with van der Waals surface area (Å²) in [4.78, 5) is 32.2. The number of aryl methyl sites for hydroxylation is 1. The summed E-state index contributed by atoms with van der Waals surface area (Å²) in [5, 5.41) is 0. The molecule has 1 aromatic carbocycles. The lowest BCUT2D eigenvalue weighted by Crippen LogP contribution is -2.53. The van der Waals surface area contributed by atoms with Crippen LogP contribution in [-0.4, -0.2) is 80.0 Å². The molecule has 1 aromatic rings. The van der Waals surface area contributed by atoms with Crippen LogP contribution in [0.5, 0.6) is 0 Å². The van der Waals surface area contributed by atoms with Gasteiger partial charge in [-0.15, -0.1) is 0 Å². The summed E-state index contributed by atoms with van der Waals surface area (Å²) in [5.74, 6) is 0.109. The Kier molecular flexibility index (Phi) is 6.50. The van der Waals surface area contributed by atoms with Gasteiger partial charge in [-0.3, -0.25) is 9.59 Å². The number of carbonyl (C=O) groups excluding carboxylic acids is 2. The number of nitrogens with zero attached hydrogens (tertiary/aromatic N) is 3. The number of likely N-dealkylation sites (N-methyl/N-ethyl adjacent to an activating group) is 1. The molecule has 2 fully saturated rings. The first kappa shape index (κ1) is 19.8. The van der Waals surface area contributed by atoms with E-state index in [1.54, 1.807) is 7.11 Å². The summed E-state index contributed by atoms with van der Waals surface area (Å²) >= 11 is 0. The van der Waals surface area contributed by atoms with Gasteiger partial charge in [-0.2, -0.15) is 0 Å². The van der Waals surface area contributed by atoms with Gasteiger partial charge in [0.05, 0.1) is 18.6 Å². The average Bonchev–Trinajstić information content (AvgIpc) is 2.67. The highest BCUT2D eigenvalue weighted by atomic mass is 16.5. The highest BCUT2D eigenvalue weighted by Gasteiger charge is 2.42. The lowest BCUT2D eigenvalue weighted by Gasteiger charge is -2.44. The van der Waals surface area contributed by atoms with Crippen LogP contribution in [0.3, 0.4) is 0 Å². The van der Waals surface area contributed by atoms with Crippen molar-refractivity contribution in [2.75, 3.05) is 53.5 Å². The number of piperazine rings is 1. The number of benzene rings is 1. The fourth-order valence-corrected chi connectivity index (χ4v) is 4.23. The third kappa shape index (κ3) is 4.33. The Morgan fingerprint density at radius 1 is 1.19 bits per heavy atom. The minimum absolute atomic E-state index is 0.114. The van der Waals surface area contributed by atoms with E-state index in [4.69, 9.17) is 4.74 Å². The number of hydrogen-bond acceptors (Lipinski definition) is 4. The first-order valence-corrected chi connectivity index (χ1v) is 9.84. The third-order valence-electron chi connectivity index (χ3n) is 5.88. The van der Waals surface area contributed by atoms with Gasteiger partial charge in [0.25, 0.3) is 0 Å². The van der Waals surface area contributed by atoms with E-state index in [9.17, 15) is 9.59 Å². The molecule has 2 amide bonds. The zero-order valence-corrected chi connectivity index (χ0v) is 16.7. The Hall–Kier alpha value is -1.92. The maximum atomic E-state index is 13.4. The highest BCUT2D eigenvalue weighted by Crippen LogP contribution is 2.39. The Labute approximate surface area is 162 Å². The van der Waals surface area contributed by atoms with Gasteiger partial charge in [-0.05, 0) is 31.5 Å². The molecule has 148 valence electrons. The molecule has 0 N–H and O–H groups in total. The smallest absolute Gasteiger partial charge is 0.228 e. The summed E-state index contributed by atoms with van der Waals surface area (Å²) < 4.78 is 5.24. The Morgan fingerprint density at radius 2 is 1.89 bits per heavy atom. The second kappa shape index (κ2) is 8.85. The Bertz CT molecular complexity index is 670. The molecule has 0 bridgehead atoms. The van der Waals surface area contributed by atoms with E-state index in [1.807, 2.05) is 21.9 Å². The van der Waals surface area contributed by atoms with Crippen molar-refractivity contribution in [2.45, 2.75) is 25.8 Å². The van der Waals surface area contributed by atoms with E-state index >= 15 is 0 Å². The Morgan fingerprint density at radius 3 is 2.56 bits per heavy atom. The molecule has 0 radical (unpaired) electrons. The molecular weight excluding hydrogens is 342 g/mol. The van der Waals surface area contributed by atoms with Crippen LogP contribution in [0, 0.1) is 12.8 Å². The van der Waals surface area contributed by atoms with Crippen LogP contribution in [0.15, 0.2) is 24.3 Å². The average molecular weight is 373 g/mol. The molecule has 0 aromatic heterocycles. The SMILES string of the molecule is COCCN1C(=O)CC[C@@H](C(=O)N2CCN(C)CC2)[C@@H]1c1ccccc1C. The molecule has 3 rings (SSSR count). The van der Waals surface area contributed by atoms with E-state index in [0.717, 1.165) is 37.3 Å². The molecule has 2 aliphatic rings. The van der Waals surface area contributed by atoms with E-state index in [0.29, 0.717) is 26.0 Å². The number of rotatable bonds is 5. The van der Waals surface area contributed by atoms with Gasteiger partial charge in [0.1, 0.15) is 0 Å². The molecule has 6 nitrogen and oxygen atoms in total. The molecule has 6 heteroatoms. The maximum Gasteiger partial charge on any atom is 0.228 e. The fraction of sp³-hybridized carbons (Fsp3) is 0.619. The predicted molar refractivity (Wildman–Crippen MR) is 104 cm³/mol. The number of amides is 2. The van der Waals surface area contributed by atoms with Crippen LogP contribution in [0.2, 0.25) is 0 Å². The van der Waals surface area contributed by atoms with Crippen molar-refractivity contribution in [3.63, 3.8) is 0 Å².